The fourth-order valence-electron chi connectivity index (χ4n) is 1.23. The lowest BCUT2D eigenvalue weighted by molar-refractivity contribution is 0.474. The molecule has 94 valence electrons. The summed E-state index contributed by atoms with van der Waals surface area (Å²) in [7, 11) is 0. The molecule has 1 aromatic heterocycles. The molecule has 1 heterocycles. The number of nitrogens with two attached hydrogens (primary N) is 1. The average molecular weight is 267 g/mol. The van der Waals surface area contributed by atoms with Crippen LogP contribution >= 0.6 is 11.6 Å². The van der Waals surface area contributed by atoms with Crippen LogP contribution in [0.4, 0.5) is 5.95 Å². The highest BCUT2D eigenvalue weighted by atomic mass is 35.5. The van der Waals surface area contributed by atoms with Gasteiger partial charge in [0.15, 0.2) is 5.82 Å². The fourth-order valence-corrected chi connectivity index (χ4v) is 1.41. The summed E-state index contributed by atoms with van der Waals surface area (Å²) in [6.45, 7) is 1.71. The van der Waals surface area contributed by atoms with Crippen LogP contribution in [0.25, 0.3) is 0 Å². The van der Waals surface area contributed by atoms with Crippen LogP contribution in [-0.2, 0) is 0 Å². The van der Waals surface area contributed by atoms with Gasteiger partial charge in [-0.15, -0.1) is 10.2 Å². The third-order valence-corrected chi connectivity index (χ3v) is 2.46. The molecule has 0 amide bonds. The minimum atomic E-state index is 0.0790. The van der Waals surface area contributed by atoms with Crippen LogP contribution in [0.2, 0.25) is 5.02 Å². The van der Waals surface area contributed by atoms with Crippen molar-refractivity contribution in [2.75, 3.05) is 11.3 Å². The summed E-state index contributed by atoms with van der Waals surface area (Å²) in [4.78, 5) is 0. The molecule has 7 nitrogen and oxygen atoms in total. The van der Waals surface area contributed by atoms with Gasteiger partial charge in [0, 0.05) is 10.6 Å². The number of anilines is 1. The minimum absolute atomic E-state index is 0.0790. The Morgan fingerprint density at radius 1 is 1.50 bits per heavy atom. The highest BCUT2D eigenvalue weighted by Crippen LogP contribution is 2.19. The molecule has 0 bridgehead atoms. The van der Waals surface area contributed by atoms with Crippen molar-refractivity contribution in [1.82, 2.24) is 14.9 Å². The lowest BCUT2D eigenvalue weighted by Gasteiger charge is -2.01. The molecule has 0 unspecified atom stereocenters. The van der Waals surface area contributed by atoms with Gasteiger partial charge in [-0.25, -0.2) is 10.1 Å². The van der Waals surface area contributed by atoms with Gasteiger partial charge in [0.25, 0.3) is 5.95 Å². The van der Waals surface area contributed by atoms with E-state index in [1.165, 1.54) is 17.0 Å². The van der Waals surface area contributed by atoms with E-state index in [0.717, 1.165) is 0 Å². The number of rotatable bonds is 3. The zero-order chi connectivity index (χ0) is 13.1. The summed E-state index contributed by atoms with van der Waals surface area (Å²) in [5.41, 5.74) is 3.09. The van der Waals surface area contributed by atoms with Crippen molar-refractivity contribution in [3.63, 3.8) is 0 Å². The van der Waals surface area contributed by atoms with E-state index < -0.39 is 0 Å². The van der Waals surface area contributed by atoms with E-state index in [2.05, 4.69) is 20.7 Å². The van der Waals surface area contributed by atoms with Crippen molar-refractivity contribution < 1.29 is 5.11 Å². The predicted molar refractivity (Wildman–Crippen MR) is 69.2 cm³/mol. The van der Waals surface area contributed by atoms with Gasteiger partial charge in [0.2, 0.25) is 0 Å². The third-order valence-electron chi connectivity index (χ3n) is 2.22. The molecule has 2 aromatic rings. The van der Waals surface area contributed by atoms with E-state index in [4.69, 9.17) is 17.4 Å². The summed E-state index contributed by atoms with van der Waals surface area (Å²) >= 11 is 5.80. The summed E-state index contributed by atoms with van der Waals surface area (Å²) in [6.07, 6.45) is 1.41. The van der Waals surface area contributed by atoms with E-state index in [0.29, 0.717) is 22.4 Å². The Hall–Kier alpha value is -2.28. The number of aromatic nitrogens is 3. The molecule has 8 heteroatoms. The zero-order valence-electron chi connectivity index (χ0n) is 9.50. The number of hydrogen-bond acceptors (Lipinski definition) is 6. The molecular weight excluding hydrogens is 256 g/mol. The maximum Gasteiger partial charge on any atom is 0.263 e. The molecule has 4 N–H and O–H groups in total. The Morgan fingerprint density at radius 2 is 2.28 bits per heavy atom. The smallest absolute Gasteiger partial charge is 0.263 e. The first kappa shape index (κ1) is 12.2. The number of nitrogen functional groups attached to an aromatic ring is 1. The third kappa shape index (κ3) is 2.51. The fraction of sp³-hybridized carbons (Fsp3) is 0.100. The number of nitrogens with zero attached hydrogens (tertiary/aromatic N) is 4. The van der Waals surface area contributed by atoms with Crippen LogP contribution in [0.5, 0.6) is 5.75 Å². The normalized spacial score (nSPS) is 11.0. The van der Waals surface area contributed by atoms with Gasteiger partial charge < -0.3 is 10.9 Å². The molecule has 0 aliphatic carbocycles. The van der Waals surface area contributed by atoms with E-state index in [-0.39, 0.29) is 5.75 Å². The van der Waals surface area contributed by atoms with Crippen LogP contribution in [0.3, 0.4) is 0 Å². The number of aryl methyl sites for hydroxylation is 1. The molecular formula is C10H11ClN6O. The monoisotopic (exact) mass is 266 g/mol. The molecule has 0 radical (unpaired) electrons. The number of halogens is 1. The van der Waals surface area contributed by atoms with Gasteiger partial charge in [-0.2, -0.15) is 5.10 Å². The largest absolute Gasteiger partial charge is 0.507 e. The highest BCUT2D eigenvalue weighted by Gasteiger charge is 2.03. The molecule has 2 rings (SSSR count). The first-order valence-corrected chi connectivity index (χ1v) is 5.40. The molecule has 0 fully saturated rings. The van der Waals surface area contributed by atoms with Gasteiger partial charge in [0.1, 0.15) is 5.75 Å². The number of hydrogen-bond donors (Lipinski definition) is 3. The van der Waals surface area contributed by atoms with Crippen molar-refractivity contribution in [2.24, 2.45) is 5.10 Å². The first-order valence-electron chi connectivity index (χ1n) is 5.02. The quantitative estimate of drug-likeness (QED) is 0.439. The van der Waals surface area contributed by atoms with Crippen molar-refractivity contribution in [3.05, 3.63) is 34.6 Å². The second-order valence-corrected chi connectivity index (χ2v) is 3.95. The summed E-state index contributed by atoms with van der Waals surface area (Å²) in [5, 5.41) is 21.5. The van der Waals surface area contributed by atoms with Gasteiger partial charge in [0.05, 0.1) is 6.21 Å². The maximum absolute atomic E-state index is 9.56. The van der Waals surface area contributed by atoms with Crippen molar-refractivity contribution >= 4 is 23.8 Å². The van der Waals surface area contributed by atoms with Crippen molar-refractivity contribution in [1.29, 1.82) is 0 Å². The molecule has 0 aliphatic heterocycles. The standard InChI is InChI=1S/C10H11ClN6O/c1-6-14-16-10(17(6)12)15-13-5-7-4-8(11)2-3-9(7)18/h2-5,18H,12H2,1H3,(H,15,16)/b13-5-. The Labute approximate surface area is 108 Å². The molecule has 0 saturated heterocycles. The first-order chi connectivity index (χ1) is 8.58. The number of nitrogens with one attached hydrogen (secondary N) is 1. The molecule has 18 heavy (non-hydrogen) atoms. The van der Waals surface area contributed by atoms with Crippen molar-refractivity contribution in [2.45, 2.75) is 6.92 Å². The Kier molecular flexibility index (Phi) is 3.33. The van der Waals surface area contributed by atoms with Crippen LogP contribution < -0.4 is 11.3 Å². The van der Waals surface area contributed by atoms with Gasteiger partial charge >= 0.3 is 0 Å². The van der Waals surface area contributed by atoms with Crippen LogP contribution in [0.1, 0.15) is 11.4 Å². The number of phenolic OH excluding ortho intramolecular Hbond substituents is 1. The SMILES string of the molecule is Cc1nnc(N/N=C\c2cc(Cl)ccc2O)n1N. The Balaban J connectivity index is 2.12. The van der Waals surface area contributed by atoms with E-state index in [1.807, 2.05) is 0 Å². The summed E-state index contributed by atoms with van der Waals surface area (Å²) in [5.74, 6) is 6.55. The van der Waals surface area contributed by atoms with Crippen LogP contribution in [0.15, 0.2) is 23.3 Å². The highest BCUT2D eigenvalue weighted by molar-refractivity contribution is 6.30. The molecule has 0 atom stereocenters. The maximum atomic E-state index is 9.56. The second-order valence-electron chi connectivity index (χ2n) is 3.51. The number of benzene rings is 1. The lowest BCUT2D eigenvalue weighted by Crippen LogP contribution is -2.13. The second kappa shape index (κ2) is 4.92. The van der Waals surface area contributed by atoms with E-state index >= 15 is 0 Å². The van der Waals surface area contributed by atoms with Gasteiger partial charge in [-0.05, 0) is 25.1 Å². The lowest BCUT2D eigenvalue weighted by atomic mass is 10.2. The topological polar surface area (TPSA) is 101 Å². The number of phenols is 1. The predicted octanol–water partition coefficient (Wildman–Crippen LogP) is 1.11. The molecule has 1 aromatic carbocycles. The number of aromatic hydroxyl groups is 1. The van der Waals surface area contributed by atoms with Crippen LogP contribution in [-0.4, -0.2) is 26.2 Å². The zero-order valence-corrected chi connectivity index (χ0v) is 10.3. The van der Waals surface area contributed by atoms with E-state index in [1.54, 1.807) is 19.1 Å². The Morgan fingerprint density at radius 3 is 2.94 bits per heavy atom. The Bertz CT molecular complexity index is 594. The molecule has 0 aliphatic rings. The van der Waals surface area contributed by atoms with Gasteiger partial charge in [-0.1, -0.05) is 11.6 Å². The summed E-state index contributed by atoms with van der Waals surface area (Å²) in [6, 6.07) is 4.65. The minimum Gasteiger partial charge on any atom is -0.507 e. The average Bonchev–Trinajstić information content (AvgIpc) is 2.65. The van der Waals surface area contributed by atoms with Gasteiger partial charge in [-0.3, -0.25) is 0 Å². The summed E-state index contributed by atoms with van der Waals surface area (Å²) < 4.78 is 1.26. The molecule has 0 spiro atoms. The van der Waals surface area contributed by atoms with Crippen LogP contribution in [0, 0.1) is 6.92 Å². The number of hydrazone groups is 1. The van der Waals surface area contributed by atoms with E-state index in [9.17, 15) is 5.11 Å². The molecule has 0 saturated carbocycles. The van der Waals surface area contributed by atoms with Crippen molar-refractivity contribution in [3.8, 4) is 5.75 Å².